The fourth-order valence-electron chi connectivity index (χ4n) is 2.60. The van der Waals surface area contributed by atoms with Crippen LogP contribution in [0.2, 0.25) is 0 Å². The van der Waals surface area contributed by atoms with Crippen LogP contribution in [0.1, 0.15) is 18.4 Å². The lowest BCUT2D eigenvalue weighted by Crippen LogP contribution is -2.20. The molecule has 0 saturated carbocycles. The molecule has 2 aliphatic heterocycles. The second kappa shape index (κ2) is 5.09. The van der Waals surface area contributed by atoms with E-state index in [1.54, 1.807) is 0 Å². The Bertz CT molecular complexity index is 496. The molecule has 5 nitrogen and oxygen atoms in total. The Balaban J connectivity index is 1.72. The lowest BCUT2D eigenvalue weighted by atomic mass is 10.0. The molecule has 2 aliphatic rings. The number of nitrogen functional groups attached to an aromatic ring is 1. The minimum atomic E-state index is 0.0655. The molecule has 19 heavy (non-hydrogen) atoms. The number of hydrogen-bond acceptors (Lipinski definition) is 4. The molecule has 1 saturated heterocycles. The maximum atomic E-state index is 11.3. The third-order valence-electron chi connectivity index (χ3n) is 3.78. The molecule has 102 valence electrons. The Morgan fingerprint density at radius 3 is 3.11 bits per heavy atom. The Morgan fingerprint density at radius 2 is 2.32 bits per heavy atom. The van der Waals surface area contributed by atoms with Gasteiger partial charge in [-0.2, -0.15) is 0 Å². The Hall–Kier alpha value is -1.75. The molecule has 0 radical (unpaired) electrons. The number of amides is 1. The topological polar surface area (TPSA) is 76.4 Å². The molecule has 0 aromatic heterocycles. The van der Waals surface area contributed by atoms with Crippen molar-refractivity contribution in [2.75, 3.05) is 36.1 Å². The van der Waals surface area contributed by atoms with Crippen molar-refractivity contribution in [3.63, 3.8) is 0 Å². The minimum absolute atomic E-state index is 0.0655. The highest BCUT2D eigenvalue weighted by Gasteiger charge is 2.18. The summed E-state index contributed by atoms with van der Waals surface area (Å²) in [5, 5.41) is 6.26. The normalized spacial score (nSPS) is 21.9. The quantitative estimate of drug-likeness (QED) is 0.722. The van der Waals surface area contributed by atoms with Crippen LogP contribution in [0.25, 0.3) is 0 Å². The van der Waals surface area contributed by atoms with E-state index in [1.165, 1.54) is 0 Å². The first-order chi connectivity index (χ1) is 9.22. The summed E-state index contributed by atoms with van der Waals surface area (Å²) in [6.07, 6.45) is 2.43. The lowest BCUT2D eigenvalue weighted by Gasteiger charge is -2.20. The van der Waals surface area contributed by atoms with Crippen molar-refractivity contribution in [2.45, 2.75) is 19.3 Å². The van der Waals surface area contributed by atoms with E-state index in [2.05, 4.69) is 16.7 Å². The molecule has 1 aromatic rings. The van der Waals surface area contributed by atoms with Gasteiger partial charge < -0.3 is 21.1 Å². The third-order valence-corrected chi connectivity index (χ3v) is 3.78. The van der Waals surface area contributed by atoms with Gasteiger partial charge in [0.25, 0.3) is 0 Å². The van der Waals surface area contributed by atoms with Gasteiger partial charge in [-0.3, -0.25) is 4.79 Å². The SMILES string of the molecule is Nc1cc2c(cc1NCC1CCOC1)CCC(=O)N2. The maximum absolute atomic E-state index is 11.3. The highest BCUT2D eigenvalue weighted by molar-refractivity contribution is 5.95. The summed E-state index contributed by atoms with van der Waals surface area (Å²) in [4.78, 5) is 11.3. The largest absolute Gasteiger partial charge is 0.397 e. The highest BCUT2D eigenvalue weighted by Crippen LogP contribution is 2.31. The minimum Gasteiger partial charge on any atom is -0.397 e. The first kappa shape index (κ1) is 12.3. The van der Waals surface area contributed by atoms with Gasteiger partial charge in [0.2, 0.25) is 5.91 Å². The summed E-state index contributed by atoms with van der Waals surface area (Å²) >= 11 is 0. The van der Waals surface area contributed by atoms with Crippen molar-refractivity contribution >= 4 is 23.0 Å². The molecular weight excluding hydrogens is 242 g/mol. The van der Waals surface area contributed by atoms with Gasteiger partial charge in [0.1, 0.15) is 0 Å². The second-order valence-electron chi connectivity index (χ2n) is 5.26. The van der Waals surface area contributed by atoms with Gasteiger partial charge in [0.15, 0.2) is 0 Å². The van der Waals surface area contributed by atoms with Gasteiger partial charge >= 0.3 is 0 Å². The first-order valence-electron chi connectivity index (χ1n) is 6.76. The zero-order chi connectivity index (χ0) is 13.2. The molecule has 1 unspecified atom stereocenters. The van der Waals surface area contributed by atoms with Crippen LogP contribution >= 0.6 is 0 Å². The van der Waals surface area contributed by atoms with E-state index >= 15 is 0 Å². The van der Waals surface area contributed by atoms with Crippen LogP contribution in [0, 0.1) is 5.92 Å². The van der Waals surface area contributed by atoms with Crippen LogP contribution in [-0.4, -0.2) is 25.7 Å². The average molecular weight is 261 g/mol. The molecule has 0 spiro atoms. The monoisotopic (exact) mass is 261 g/mol. The highest BCUT2D eigenvalue weighted by atomic mass is 16.5. The maximum Gasteiger partial charge on any atom is 0.224 e. The second-order valence-corrected chi connectivity index (χ2v) is 5.26. The van der Waals surface area contributed by atoms with Crippen LogP contribution in [0.15, 0.2) is 12.1 Å². The fourth-order valence-corrected chi connectivity index (χ4v) is 2.60. The predicted octanol–water partition coefficient (Wildman–Crippen LogP) is 1.60. The molecule has 5 heteroatoms. The summed E-state index contributed by atoms with van der Waals surface area (Å²) < 4.78 is 5.36. The molecule has 1 aromatic carbocycles. The number of carbonyl (C=O) groups excluding carboxylic acids is 1. The van der Waals surface area contributed by atoms with E-state index in [-0.39, 0.29) is 5.91 Å². The molecule has 3 rings (SSSR count). The van der Waals surface area contributed by atoms with Crippen LogP contribution in [0.5, 0.6) is 0 Å². The Kier molecular flexibility index (Phi) is 3.29. The van der Waals surface area contributed by atoms with Crippen molar-refractivity contribution in [3.8, 4) is 0 Å². The summed E-state index contributed by atoms with van der Waals surface area (Å²) in [7, 11) is 0. The van der Waals surface area contributed by atoms with E-state index < -0.39 is 0 Å². The zero-order valence-electron chi connectivity index (χ0n) is 10.9. The smallest absolute Gasteiger partial charge is 0.224 e. The molecule has 4 N–H and O–H groups in total. The average Bonchev–Trinajstić information content (AvgIpc) is 2.89. The van der Waals surface area contributed by atoms with Crippen molar-refractivity contribution in [3.05, 3.63) is 17.7 Å². The van der Waals surface area contributed by atoms with E-state index in [0.29, 0.717) is 18.0 Å². The molecule has 0 bridgehead atoms. The Morgan fingerprint density at radius 1 is 1.42 bits per heavy atom. The number of anilines is 3. The predicted molar refractivity (Wildman–Crippen MR) is 75.2 cm³/mol. The first-order valence-corrected chi connectivity index (χ1v) is 6.76. The molecule has 1 atom stereocenters. The van der Waals surface area contributed by atoms with Crippen LogP contribution in [0.3, 0.4) is 0 Å². The number of aryl methyl sites for hydroxylation is 1. The number of fused-ring (bicyclic) bond motifs is 1. The van der Waals surface area contributed by atoms with Gasteiger partial charge in [-0.05, 0) is 30.5 Å². The van der Waals surface area contributed by atoms with Crippen LogP contribution in [0.4, 0.5) is 17.1 Å². The van der Waals surface area contributed by atoms with Crippen molar-refractivity contribution < 1.29 is 9.53 Å². The van der Waals surface area contributed by atoms with Gasteiger partial charge in [-0.15, -0.1) is 0 Å². The molecule has 1 amide bonds. The molecule has 2 heterocycles. The summed E-state index contributed by atoms with van der Waals surface area (Å²) in [6.45, 7) is 2.57. The summed E-state index contributed by atoms with van der Waals surface area (Å²) in [5.41, 5.74) is 9.67. The van der Waals surface area contributed by atoms with E-state index in [9.17, 15) is 4.79 Å². The summed E-state index contributed by atoms with van der Waals surface area (Å²) in [6, 6.07) is 3.90. The van der Waals surface area contributed by atoms with Crippen LogP contribution in [-0.2, 0) is 16.0 Å². The number of nitrogens with two attached hydrogens (primary N) is 1. The van der Waals surface area contributed by atoms with Gasteiger partial charge in [-0.25, -0.2) is 0 Å². The summed E-state index contributed by atoms with van der Waals surface area (Å²) in [5.74, 6) is 0.630. The third kappa shape index (κ3) is 2.66. The Labute approximate surface area is 112 Å². The molecule has 1 fully saturated rings. The number of carbonyl (C=O) groups is 1. The number of nitrogens with one attached hydrogen (secondary N) is 2. The number of benzene rings is 1. The van der Waals surface area contributed by atoms with Gasteiger partial charge in [0, 0.05) is 31.2 Å². The van der Waals surface area contributed by atoms with Gasteiger partial charge in [0.05, 0.1) is 18.0 Å². The number of hydrogen-bond donors (Lipinski definition) is 3. The van der Waals surface area contributed by atoms with E-state index in [4.69, 9.17) is 10.5 Å². The van der Waals surface area contributed by atoms with Crippen molar-refractivity contribution in [1.29, 1.82) is 0 Å². The number of ether oxygens (including phenoxy) is 1. The lowest BCUT2D eigenvalue weighted by molar-refractivity contribution is -0.116. The number of rotatable bonds is 3. The molecule has 0 aliphatic carbocycles. The van der Waals surface area contributed by atoms with E-state index in [0.717, 1.165) is 49.5 Å². The standard InChI is InChI=1S/C14H19N3O2/c15-11-6-12-10(1-2-14(18)17-12)5-13(11)16-7-9-3-4-19-8-9/h5-6,9,16H,1-4,7-8,15H2,(H,17,18). The fraction of sp³-hybridized carbons (Fsp3) is 0.500. The van der Waals surface area contributed by atoms with Crippen molar-refractivity contribution in [1.82, 2.24) is 0 Å². The van der Waals surface area contributed by atoms with Gasteiger partial charge in [-0.1, -0.05) is 0 Å². The van der Waals surface area contributed by atoms with E-state index in [1.807, 2.05) is 6.07 Å². The van der Waals surface area contributed by atoms with Crippen LogP contribution < -0.4 is 16.4 Å². The van der Waals surface area contributed by atoms with Crippen molar-refractivity contribution in [2.24, 2.45) is 5.92 Å². The molecular formula is C14H19N3O2. The zero-order valence-corrected chi connectivity index (χ0v) is 10.9.